The summed E-state index contributed by atoms with van der Waals surface area (Å²) in [6, 6.07) is 15.2. The summed E-state index contributed by atoms with van der Waals surface area (Å²) in [4.78, 5) is 20.7. The number of hydrogen-bond acceptors (Lipinski definition) is 3. The van der Waals surface area contributed by atoms with E-state index in [0.717, 1.165) is 40.3 Å². The Kier molecular flexibility index (Phi) is 12.7. The summed E-state index contributed by atoms with van der Waals surface area (Å²) in [5, 5.41) is 17.0. The van der Waals surface area contributed by atoms with Crippen molar-refractivity contribution < 1.29 is 24.5 Å². The van der Waals surface area contributed by atoms with E-state index in [1.807, 2.05) is 48.5 Å². The van der Waals surface area contributed by atoms with Crippen LogP contribution in [0, 0.1) is 0 Å². The van der Waals surface area contributed by atoms with Crippen molar-refractivity contribution in [1.82, 2.24) is 0 Å². The zero-order valence-electron chi connectivity index (χ0n) is 17.7. The van der Waals surface area contributed by atoms with E-state index in [4.69, 9.17) is 14.9 Å². The molecule has 0 bridgehead atoms. The Balaban J connectivity index is 0.000000373. The molecule has 2 aromatic carbocycles. The summed E-state index contributed by atoms with van der Waals surface area (Å²) in [6.07, 6.45) is 7.72. The molecule has 0 aliphatic rings. The highest BCUT2D eigenvalue weighted by Gasteiger charge is 2.01. The van der Waals surface area contributed by atoms with Gasteiger partial charge in [-0.3, -0.25) is 0 Å². The zero-order chi connectivity index (χ0) is 23.1. The van der Waals surface area contributed by atoms with Crippen LogP contribution in [-0.4, -0.2) is 22.2 Å². The molecule has 166 valence electrons. The summed E-state index contributed by atoms with van der Waals surface area (Å²) in [5.41, 5.74) is 2.24. The Morgan fingerprint density at radius 3 is 2.19 bits per heavy atom. The van der Waals surface area contributed by atoms with E-state index in [0.29, 0.717) is 18.6 Å². The average Bonchev–Trinajstić information content (AvgIpc) is 2.76. The van der Waals surface area contributed by atoms with Crippen LogP contribution in [0.3, 0.4) is 0 Å². The molecule has 2 aromatic rings. The van der Waals surface area contributed by atoms with Gasteiger partial charge in [-0.2, -0.15) is 0 Å². The van der Waals surface area contributed by atoms with Gasteiger partial charge in [-0.15, -0.1) is 0 Å². The summed E-state index contributed by atoms with van der Waals surface area (Å²) >= 11 is 3.39. The molecule has 0 aromatic heterocycles. The highest BCUT2D eigenvalue weighted by molar-refractivity contribution is 9.10. The maximum atomic E-state index is 10.4. The first-order chi connectivity index (χ1) is 14.8. The van der Waals surface area contributed by atoms with E-state index in [1.165, 1.54) is 12.8 Å². The van der Waals surface area contributed by atoms with Crippen LogP contribution < -0.4 is 4.74 Å². The molecule has 0 aliphatic heterocycles. The molecule has 0 aliphatic carbocycles. The van der Waals surface area contributed by atoms with Crippen molar-refractivity contribution in [1.29, 1.82) is 0 Å². The lowest BCUT2D eigenvalue weighted by Crippen LogP contribution is -1.98. The van der Waals surface area contributed by atoms with Gasteiger partial charge < -0.3 is 14.9 Å². The van der Waals surface area contributed by atoms with Crippen molar-refractivity contribution in [2.75, 3.05) is 0 Å². The second kappa shape index (κ2) is 15.0. The number of aliphatic carboxylic acids is 2. The van der Waals surface area contributed by atoms with Gasteiger partial charge in [0.25, 0.3) is 0 Å². The minimum absolute atomic E-state index is 0.334. The molecule has 0 saturated carbocycles. The number of hydrogen-bond donors (Lipinski definition) is 2. The van der Waals surface area contributed by atoms with E-state index >= 15 is 0 Å². The predicted molar refractivity (Wildman–Crippen MR) is 127 cm³/mol. The molecular formula is C25H29BrO5. The fourth-order valence-electron chi connectivity index (χ4n) is 2.46. The number of benzene rings is 2. The summed E-state index contributed by atoms with van der Waals surface area (Å²) in [7, 11) is 0. The standard InChI is InChI=1S/C16H13BrO3.C9H16O2/c17-14-6-1-13(2-7-14)11-20-15-8-3-12(4-9-15)5-10-16(18)19;1-3-4-5-6-7-8(2)9(10)11/h1-10H,11H2,(H,18,19);2-7H2,1H3,(H,10,11). The Morgan fingerprint density at radius 1 is 1.00 bits per heavy atom. The van der Waals surface area contributed by atoms with Crippen molar-refractivity contribution >= 4 is 33.9 Å². The van der Waals surface area contributed by atoms with Crippen LogP contribution in [0.15, 0.2) is 71.2 Å². The highest BCUT2D eigenvalue weighted by atomic mass is 79.9. The van der Waals surface area contributed by atoms with Gasteiger partial charge in [0.1, 0.15) is 12.4 Å². The second-order valence-corrected chi connectivity index (χ2v) is 7.79. The van der Waals surface area contributed by atoms with Gasteiger partial charge in [0.05, 0.1) is 0 Å². The van der Waals surface area contributed by atoms with Crippen LogP contribution in [0.2, 0.25) is 0 Å². The quantitative estimate of drug-likeness (QED) is 0.270. The van der Waals surface area contributed by atoms with Crippen LogP contribution in [0.25, 0.3) is 6.08 Å². The number of rotatable bonds is 11. The molecular weight excluding hydrogens is 460 g/mol. The molecule has 0 heterocycles. The minimum Gasteiger partial charge on any atom is -0.489 e. The number of unbranched alkanes of at least 4 members (excludes halogenated alkanes) is 3. The fourth-order valence-corrected chi connectivity index (χ4v) is 2.73. The van der Waals surface area contributed by atoms with Crippen LogP contribution in [0.5, 0.6) is 5.75 Å². The minimum atomic E-state index is -0.958. The molecule has 0 fully saturated rings. The molecule has 0 amide bonds. The molecule has 0 spiro atoms. The first kappa shape index (κ1) is 26.2. The Morgan fingerprint density at radius 2 is 1.65 bits per heavy atom. The molecule has 31 heavy (non-hydrogen) atoms. The number of carboxylic acid groups (broad SMARTS) is 2. The summed E-state index contributed by atoms with van der Waals surface area (Å²) in [5.74, 6) is -1.07. The highest BCUT2D eigenvalue weighted by Crippen LogP contribution is 2.16. The number of carboxylic acids is 2. The van der Waals surface area contributed by atoms with Crippen LogP contribution in [0.1, 0.15) is 50.2 Å². The third-order valence-corrected chi connectivity index (χ3v) is 4.78. The van der Waals surface area contributed by atoms with Crippen molar-refractivity contribution in [3.63, 3.8) is 0 Å². The SMILES string of the molecule is C=C(CCCCCC)C(=O)O.O=C(O)C=Cc1ccc(OCc2ccc(Br)cc2)cc1. The van der Waals surface area contributed by atoms with E-state index in [-0.39, 0.29) is 0 Å². The van der Waals surface area contributed by atoms with Crippen LogP contribution in [0.4, 0.5) is 0 Å². The lowest BCUT2D eigenvalue weighted by Gasteiger charge is -2.06. The molecule has 0 radical (unpaired) electrons. The van der Waals surface area contributed by atoms with E-state index in [1.54, 1.807) is 6.08 Å². The first-order valence-electron chi connectivity index (χ1n) is 10.1. The molecule has 6 heteroatoms. The number of carbonyl (C=O) groups is 2. The third kappa shape index (κ3) is 12.4. The largest absolute Gasteiger partial charge is 0.489 e. The maximum absolute atomic E-state index is 10.4. The van der Waals surface area contributed by atoms with Crippen molar-refractivity contribution in [2.24, 2.45) is 0 Å². The van der Waals surface area contributed by atoms with E-state index < -0.39 is 11.9 Å². The average molecular weight is 489 g/mol. The second-order valence-electron chi connectivity index (χ2n) is 6.88. The molecule has 2 N–H and O–H groups in total. The summed E-state index contributed by atoms with van der Waals surface area (Å²) in [6.45, 7) is 6.08. The van der Waals surface area contributed by atoms with Gasteiger partial charge in [0.2, 0.25) is 0 Å². The lowest BCUT2D eigenvalue weighted by molar-refractivity contribution is -0.133. The molecule has 0 atom stereocenters. The van der Waals surface area contributed by atoms with Gasteiger partial charge >= 0.3 is 11.9 Å². The van der Waals surface area contributed by atoms with Gasteiger partial charge in [0, 0.05) is 16.1 Å². The van der Waals surface area contributed by atoms with Gasteiger partial charge in [-0.25, -0.2) is 9.59 Å². The smallest absolute Gasteiger partial charge is 0.330 e. The van der Waals surface area contributed by atoms with E-state index in [2.05, 4.69) is 29.4 Å². The number of ether oxygens (including phenoxy) is 1. The Labute approximate surface area is 192 Å². The number of halogens is 1. The van der Waals surface area contributed by atoms with Gasteiger partial charge in [0.15, 0.2) is 0 Å². The third-order valence-electron chi connectivity index (χ3n) is 4.25. The topological polar surface area (TPSA) is 83.8 Å². The van der Waals surface area contributed by atoms with Crippen molar-refractivity contribution in [3.8, 4) is 5.75 Å². The molecule has 5 nitrogen and oxygen atoms in total. The van der Waals surface area contributed by atoms with Crippen molar-refractivity contribution in [3.05, 3.63) is 82.4 Å². The van der Waals surface area contributed by atoms with Crippen LogP contribution >= 0.6 is 15.9 Å². The molecule has 0 saturated heterocycles. The van der Waals surface area contributed by atoms with Crippen LogP contribution in [-0.2, 0) is 16.2 Å². The Bertz CT molecular complexity index is 854. The first-order valence-corrected chi connectivity index (χ1v) is 10.9. The lowest BCUT2D eigenvalue weighted by atomic mass is 10.1. The summed E-state index contributed by atoms with van der Waals surface area (Å²) < 4.78 is 6.69. The van der Waals surface area contributed by atoms with Gasteiger partial charge in [-0.05, 0) is 54.3 Å². The fraction of sp³-hybridized carbons (Fsp3) is 0.280. The zero-order valence-corrected chi connectivity index (χ0v) is 19.3. The normalized spacial score (nSPS) is 10.3. The van der Waals surface area contributed by atoms with E-state index in [9.17, 15) is 9.59 Å². The van der Waals surface area contributed by atoms with Crippen molar-refractivity contribution in [2.45, 2.75) is 45.6 Å². The maximum Gasteiger partial charge on any atom is 0.330 e. The monoisotopic (exact) mass is 488 g/mol. The molecule has 2 rings (SSSR count). The van der Waals surface area contributed by atoms with Gasteiger partial charge in [-0.1, -0.05) is 73.0 Å². The Hall–Kier alpha value is -2.86. The molecule has 0 unspecified atom stereocenters. The predicted octanol–water partition coefficient (Wildman–Crippen LogP) is 6.72.